The number of anilines is 1. The van der Waals surface area contributed by atoms with Crippen LogP contribution >= 0.6 is 11.8 Å². The lowest BCUT2D eigenvalue weighted by molar-refractivity contribution is 0.0696. The molecule has 0 aliphatic carbocycles. The van der Waals surface area contributed by atoms with Gasteiger partial charge in [0, 0.05) is 16.0 Å². The van der Waals surface area contributed by atoms with Crippen LogP contribution in [0.4, 0.5) is 27.6 Å². The summed E-state index contributed by atoms with van der Waals surface area (Å²) in [6.45, 7) is 0. The van der Waals surface area contributed by atoms with Gasteiger partial charge in [-0.1, -0.05) is 36.0 Å². The van der Waals surface area contributed by atoms with Crippen LogP contribution < -0.4 is 5.32 Å². The normalized spacial score (nSPS) is 11.0. The Balaban J connectivity index is 1.84. The Morgan fingerprint density at radius 1 is 0.711 bits per heavy atom. The van der Waals surface area contributed by atoms with Crippen LogP contribution in [-0.4, -0.2) is 33.2 Å². The number of benzene rings is 4. The Bertz CT molecular complexity index is 1620. The second kappa shape index (κ2) is 10.0. The molecule has 0 saturated heterocycles. The Hall–Kier alpha value is -4.65. The molecule has 0 heterocycles. The van der Waals surface area contributed by atoms with Gasteiger partial charge >= 0.3 is 11.9 Å². The van der Waals surface area contributed by atoms with Crippen molar-refractivity contribution in [3.8, 4) is 5.75 Å². The van der Waals surface area contributed by atoms with E-state index in [-0.39, 0.29) is 33.1 Å². The summed E-state index contributed by atoms with van der Waals surface area (Å²) in [5.74, 6) is -15.6. The van der Waals surface area contributed by atoms with Crippen molar-refractivity contribution < 1.29 is 51.7 Å². The summed E-state index contributed by atoms with van der Waals surface area (Å²) >= 11 is 0.123. The maximum Gasteiger partial charge on any atom is 0.335 e. The molecule has 0 fully saturated rings. The molecule has 13 heteroatoms. The number of phenolic OH excluding ortho intramolecular Hbond substituents is 1. The number of hydrogen-bond donors (Lipinski definition) is 4. The number of hydrogen-bond acceptors (Lipinski definition) is 5. The molecule has 0 spiro atoms. The van der Waals surface area contributed by atoms with E-state index in [1.54, 1.807) is 0 Å². The van der Waals surface area contributed by atoms with Gasteiger partial charge < -0.3 is 20.6 Å². The Labute approximate surface area is 213 Å². The number of carbonyl (C=O) groups is 3. The van der Waals surface area contributed by atoms with Crippen molar-refractivity contribution in [2.75, 3.05) is 5.32 Å². The predicted molar refractivity (Wildman–Crippen MR) is 124 cm³/mol. The Morgan fingerprint density at radius 3 is 1.74 bits per heavy atom. The predicted octanol–water partition coefficient (Wildman–Crippen LogP) is 6.04. The number of carbonyl (C=O) groups excluding carboxylic acids is 1. The van der Waals surface area contributed by atoms with Gasteiger partial charge in [0.1, 0.15) is 5.75 Å². The quantitative estimate of drug-likeness (QED) is 0.131. The van der Waals surface area contributed by atoms with Crippen LogP contribution in [0.5, 0.6) is 5.75 Å². The van der Waals surface area contributed by atoms with Gasteiger partial charge in [-0.05, 0) is 29.7 Å². The lowest BCUT2D eigenvalue weighted by atomic mass is 10.0. The Kier molecular flexibility index (Phi) is 6.96. The van der Waals surface area contributed by atoms with Gasteiger partial charge in [-0.2, -0.15) is 0 Å². The third-order valence-corrected chi connectivity index (χ3v) is 6.41. The molecule has 4 rings (SSSR count). The van der Waals surface area contributed by atoms with Crippen molar-refractivity contribution in [2.45, 2.75) is 9.79 Å². The van der Waals surface area contributed by atoms with Gasteiger partial charge in [-0.25, -0.2) is 31.5 Å². The molecule has 0 atom stereocenters. The van der Waals surface area contributed by atoms with Crippen molar-refractivity contribution >= 4 is 46.1 Å². The SMILES string of the molecule is O=C(O)c1cc(NC(=O)c2cc(Sc3c(F)c(F)c(F)c(F)c3F)c3ccccc3c2O)cc(C(=O)O)c1. The van der Waals surface area contributed by atoms with E-state index in [0.717, 1.165) is 24.3 Å². The first-order valence-corrected chi connectivity index (χ1v) is 11.1. The molecule has 0 aliphatic rings. The van der Waals surface area contributed by atoms with Crippen LogP contribution in [0.3, 0.4) is 0 Å². The zero-order valence-electron chi connectivity index (χ0n) is 18.5. The summed E-state index contributed by atoms with van der Waals surface area (Å²) in [6, 6.07) is 9.32. The largest absolute Gasteiger partial charge is 0.506 e. The molecule has 0 bridgehead atoms. The van der Waals surface area contributed by atoms with Crippen LogP contribution in [0.25, 0.3) is 10.8 Å². The minimum Gasteiger partial charge on any atom is -0.506 e. The average molecular weight is 549 g/mol. The van der Waals surface area contributed by atoms with E-state index in [1.165, 1.54) is 24.3 Å². The molecule has 4 aromatic rings. The highest BCUT2D eigenvalue weighted by Crippen LogP contribution is 2.42. The van der Waals surface area contributed by atoms with Gasteiger partial charge in [0.25, 0.3) is 5.91 Å². The van der Waals surface area contributed by atoms with Crippen molar-refractivity contribution in [3.63, 3.8) is 0 Å². The van der Waals surface area contributed by atoms with Crippen LogP contribution in [0.2, 0.25) is 0 Å². The van der Waals surface area contributed by atoms with E-state index in [0.29, 0.717) is 0 Å². The average Bonchev–Trinajstić information content (AvgIpc) is 2.89. The van der Waals surface area contributed by atoms with Gasteiger partial charge in [-0.15, -0.1) is 0 Å². The fourth-order valence-electron chi connectivity index (χ4n) is 3.51. The number of rotatable bonds is 6. The summed E-state index contributed by atoms with van der Waals surface area (Å²) in [7, 11) is 0. The summed E-state index contributed by atoms with van der Waals surface area (Å²) in [6.07, 6.45) is 0. The molecule has 0 saturated carbocycles. The van der Waals surface area contributed by atoms with Gasteiger partial charge in [0.2, 0.25) is 5.82 Å². The molecular formula is C25H12F5NO6S. The maximum absolute atomic E-state index is 14.4. The number of phenols is 1. The lowest BCUT2D eigenvalue weighted by Gasteiger charge is -2.14. The molecule has 194 valence electrons. The number of carboxylic acid groups (broad SMARTS) is 2. The van der Waals surface area contributed by atoms with E-state index < -0.39 is 74.3 Å². The van der Waals surface area contributed by atoms with E-state index in [4.69, 9.17) is 0 Å². The molecular weight excluding hydrogens is 537 g/mol. The number of carboxylic acids is 2. The molecule has 38 heavy (non-hydrogen) atoms. The molecule has 0 unspecified atom stereocenters. The smallest absolute Gasteiger partial charge is 0.335 e. The number of nitrogens with one attached hydrogen (secondary N) is 1. The number of aromatic carboxylic acids is 2. The molecule has 4 aromatic carbocycles. The molecule has 0 aliphatic heterocycles. The van der Waals surface area contributed by atoms with Crippen LogP contribution in [-0.2, 0) is 0 Å². The van der Waals surface area contributed by atoms with Crippen molar-refractivity contribution in [2.24, 2.45) is 0 Å². The van der Waals surface area contributed by atoms with E-state index >= 15 is 0 Å². The second-order valence-corrected chi connectivity index (χ2v) is 8.73. The number of amides is 1. The highest BCUT2D eigenvalue weighted by Gasteiger charge is 2.28. The maximum atomic E-state index is 14.4. The number of fused-ring (bicyclic) bond motifs is 1. The van der Waals surface area contributed by atoms with Crippen molar-refractivity contribution in [1.29, 1.82) is 0 Å². The molecule has 4 N–H and O–H groups in total. The summed E-state index contributed by atoms with van der Waals surface area (Å²) in [4.78, 5) is 34.3. The highest BCUT2D eigenvalue weighted by molar-refractivity contribution is 7.99. The number of aromatic hydroxyl groups is 1. The highest BCUT2D eigenvalue weighted by atomic mass is 32.2. The van der Waals surface area contributed by atoms with Crippen molar-refractivity contribution in [3.05, 3.63) is 94.3 Å². The first kappa shape index (κ1) is 26.4. The third kappa shape index (κ3) is 4.70. The topological polar surface area (TPSA) is 124 Å². The van der Waals surface area contributed by atoms with Crippen molar-refractivity contribution in [1.82, 2.24) is 0 Å². The Morgan fingerprint density at radius 2 is 1.21 bits per heavy atom. The van der Waals surface area contributed by atoms with Gasteiger partial charge in [0.05, 0.1) is 21.6 Å². The van der Waals surface area contributed by atoms with E-state index in [1.807, 2.05) is 0 Å². The summed E-state index contributed by atoms with van der Waals surface area (Å²) in [5, 5.41) is 31.5. The van der Waals surface area contributed by atoms with E-state index in [9.17, 15) is 51.7 Å². The third-order valence-electron chi connectivity index (χ3n) is 5.29. The lowest BCUT2D eigenvalue weighted by Crippen LogP contribution is -2.14. The minimum absolute atomic E-state index is 0.0166. The summed E-state index contributed by atoms with van der Waals surface area (Å²) in [5.41, 5.74) is -1.72. The number of halogens is 5. The minimum atomic E-state index is -2.34. The van der Waals surface area contributed by atoms with Crippen LogP contribution in [0, 0.1) is 29.1 Å². The zero-order valence-corrected chi connectivity index (χ0v) is 19.3. The monoisotopic (exact) mass is 549 g/mol. The van der Waals surface area contributed by atoms with Gasteiger partial charge in [0.15, 0.2) is 23.3 Å². The fourth-order valence-corrected chi connectivity index (χ4v) is 4.56. The van der Waals surface area contributed by atoms with Gasteiger partial charge in [-0.3, -0.25) is 4.79 Å². The molecule has 0 aromatic heterocycles. The van der Waals surface area contributed by atoms with Crippen LogP contribution in [0.1, 0.15) is 31.1 Å². The molecule has 1 amide bonds. The summed E-state index contributed by atoms with van der Waals surface area (Å²) < 4.78 is 69.7. The first-order chi connectivity index (χ1) is 17.9. The molecule has 0 radical (unpaired) electrons. The zero-order chi connectivity index (χ0) is 27.9. The van der Waals surface area contributed by atoms with Crippen LogP contribution in [0.15, 0.2) is 58.3 Å². The van der Waals surface area contributed by atoms with E-state index in [2.05, 4.69) is 5.32 Å². The second-order valence-electron chi connectivity index (χ2n) is 7.68. The fraction of sp³-hybridized carbons (Fsp3) is 0. The first-order valence-electron chi connectivity index (χ1n) is 10.3. The molecule has 7 nitrogen and oxygen atoms in total. The standard InChI is InChI=1S/C25H12F5NO6S/c26-16-17(27)19(29)22(20(30)18(16)28)38-15-8-14(21(32)13-4-2-1-3-12(13)15)23(33)31-11-6-9(24(34)35)5-10(7-11)25(36)37/h1-8,32H,(H,31,33)(H,34,35)(H,36,37).